The average molecular weight is 494 g/mol. The van der Waals surface area contributed by atoms with E-state index in [1.54, 1.807) is 43.5 Å². The molecule has 3 aromatic carbocycles. The maximum atomic E-state index is 12.7. The molecule has 35 heavy (non-hydrogen) atoms. The zero-order chi connectivity index (χ0) is 24.8. The first-order valence-corrected chi connectivity index (χ1v) is 13.2. The van der Waals surface area contributed by atoms with Gasteiger partial charge in [0.25, 0.3) is 15.9 Å². The molecule has 1 amide bonds. The van der Waals surface area contributed by atoms with Gasteiger partial charge in [-0.1, -0.05) is 29.8 Å². The quantitative estimate of drug-likeness (QED) is 0.491. The van der Waals surface area contributed by atoms with Gasteiger partial charge in [0.15, 0.2) is 0 Å². The molecule has 0 aliphatic carbocycles. The normalized spacial score (nSPS) is 14.9. The van der Waals surface area contributed by atoms with Crippen molar-refractivity contribution in [1.82, 2.24) is 10.2 Å². The highest BCUT2D eigenvalue weighted by atomic mass is 32.2. The molecule has 1 saturated heterocycles. The van der Waals surface area contributed by atoms with Gasteiger partial charge in [-0.15, -0.1) is 0 Å². The summed E-state index contributed by atoms with van der Waals surface area (Å²) in [5, 5.41) is 3.09. The van der Waals surface area contributed by atoms with Crippen molar-refractivity contribution >= 4 is 21.6 Å². The fourth-order valence-corrected chi connectivity index (χ4v) is 5.29. The van der Waals surface area contributed by atoms with Crippen molar-refractivity contribution in [3.63, 3.8) is 0 Å². The number of nitrogens with one attached hydrogen (secondary N) is 2. The van der Waals surface area contributed by atoms with Crippen LogP contribution in [-0.4, -0.2) is 45.5 Å². The summed E-state index contributed by atoms with van der Waals surface area (Å²) in [5.41, 5.74) is 3.45. The molecule has 0 aromatic heterocycles. The predicted molar refractivity (Wildman–Crippen MR) is 137 cm³/mol. The van der Waals surface area contributed by atoms with Crippen LogP contribution in [0.1, 0.15) is 34.3 Å². The first-order chi connectivity index (χ1) is 16.8. The van der Waals surface area contributed by atoms with E-state index in [1.807, 2.05) is 0 Å². The Morgan fingerprint density at radius 1 is 1.00 bits per heavy atom. The molecule has 0 radical (unpaired) electrons. The molecular weight excluding hydrogens is 462 g/mol. The van der Waals surface area contributed by atoms with Gasteiger partial charge in [0.2, 0.25) is 0 Å². The Balaban J connectivity index is 1.29. The summed E-state index contributed by atoms with van der Waals surface area (Å²) in [6, 6.07) is 21.3. The van der Waals surface area contributed by atoms with Crippen LogP contribution in [0.15, 0.2) is 77.7 Å². The van der Waals surface area contributed by atoms with Crippen LogP contribution in [0.5, 0.6) is 5.75 Å². The number of ether oxygens (including phenoxy) is 1. The molecule has 0 spiro atoms. The van der Waals surface area contributed by atoms with Crippen molar-refractivity contribution in [2.75, 3.05) is 24.9 Å². The number of sulfonamides is 1. The second-order valence-electron chi connectivity index (χ2n) is 8.87. The molecule has 3 aromatic rings. The summed E-state index contributed by atoms with van der Waals surface area (Å²) in [6.45, 7) is 4.87. The van der Waals surface area contributed by atoms with E-state index in [0.29, 0.717) is 17.0 Å². The number of anilines is 1. The van der Waals surface area contributed by atoms with E-state index in [4.69, 9.17) is 4.74 Å². The van der Waals surface area contributed by atoms with Gasteiger partial charge < -0.3 is 10.1 Å². The lowest BCUT2D eigenvalue weighted by molar-refractivity contribution is 0.0909. The van der Waals surface area contributed by atoms with E-state index in [9.17, 15) is 13.2 Å². The van der Waals surface area contributed by atoms with Crippen LogP contribution in [0, 0.1) is 6.92 Å². The third kappa shape index (κ3) is 6.61. The number of piperidine rings is 1. The van der Waals surface area contributed by atoms with Crippen LogP contribution in [0.3, 0.4) is 0 Å². The highest BCUT2D eigenvalue weighted by Crippen LogP contribution is 2.20. The SMILES string of the molecule is COc1ccc(NS(=O)(=O)c2ccc(C(=O)NC3CCN(Cc4cccc(C)c4)CC3)cc2)cc1. The second kappa shape index (κ2) is 10.9. The van der Waals surface area contributed by atoms with Crippen molar-refractivity contribution in [2.24, 2.45) is 0 Å². The smallest absolute Gasteiger partial charge is 0.261 e. The molecule has 8 heteroatoms. The number of carbonyl (C=O) groups is 1. The van der Waals surface area contributed by atoms with E-state index in [0.717, 1.165) is 32.5 Å². The van der Waals surface area contributed by atoms with Crippen LogP contribution in [0.2, 0.25) is 0 Å². The van der Waals surface area contributed by atoms with Gasteiger partial charge in [-0.2, -0.15) is 0 Å². The minimum absolute atomic E-state index is 0.0920. The predicted octanol–water partition coefficient (Wildman–Crippen LogP) is 4.20. The Kier molecular flexibility index (Phi) is 7.73. The summed E-state index contributed by atoms with van der Waals surface area (Å²) in [6.07, 6.45) is 1.77. The maximum absolute atomic E-state index is 12.7. The van der Waals surface area contributed by atoms with Gasteiger partial charge in [-0.05, 0) is 73.9 Å². The monoisotopic (exact) mass is 493 g/mol. The molecule has 1 aliphatic rings. The molecule has 0 saturated carbocycles. The number of methoxy groups -OCH3 is 1. The van der Waals surface area contributed by atoms with Crippen LogP contribution >= 0.6 is 0 Å². The van der Waals surface area contributed by atoms with Gasteiger partial charge >= 0.3 is 0 Å². The second-order valence-corrected chi connectivity index (χ2v) is 10.6. The molecular formula is C27H31N3O4S. The summed E-state index contributed by atoms with van der Waals surface area (Å²) >= 11 is 0. The number of nitrogens with zero attached hydrogens (tertiary/aromatic N) is 1. The van der Waals surface area contributed by atoms with E-state index < -0.39 is 10.0 Å². The van der Waals surface area contributed by atoms with Gasteiger partial charge in [-0.25, -0.2) is 8.42 Å². The highest BCUT2D eigenvalue weighted by Gasteiger charge is 2.22. The summed E-state index contributed by atoms with van der Waals surface area (Å²) in [7, 11) is -2.22. The van der Waals surface area contributed by atoms with Gasteiger partial charge in [0.1, 0.15) is 5.75 Å². The third-order valence-corrected chi connectivity index (χ3v) is 7.58. The topological polar surface area (TPSA) is 87.7 Å². The standard InChI is InChI=1S/C27H31N3O4S/c1-20-4-3-5-21(18-20)19-30-16-14-23(15-17-30)28-27(31)22-6-12-26(13-7-22)35(32,33)29-24-8-10-25(34-2)11-9-24/h3-13,18,23,29H,14-17,19H2,1-2H3,(H,28,31). The van der Waals surface area contributed by atoms with Crippen LogP contribution < -0.4 is 14.8 Å². The Hall–Kier alpha value is -3.36. The first kappa shape index (κ1) is 24.8. The fraction of sp³-hybridized carbons (Fsp3) is 0.296. The molecule has 7 nitrogen and oxygen atoms in total. The Bertz CT molecular complexity index is 1250. The van der Waals surface area contributed by atoms with Gasteiger partial charge in [-0.3, -0.25) is 14.4 Å². The van der Waals surface area contributed by atoms with Crippen molar-refractivity contribution < 1.29 is 17.9 Å². The minimum atomic E-state index is -3.77. The van der Waals surface area contributed by atoms with E-state index >= 15 is 0 Å². The number of hydrogen-bond acceptors (Lipinski definition) is 5. The van der Waals surface area contributed by atoms with Crippen molar-refractivity contribution in [3.05, 3.63) is 89.5 Å². The molecule has 0 unspecified atom stereocenters. The lowest BCUT2D eigenvalue weighted by Gasteiger charge is -2.32. The zero-order valence-electron chi connectivity index (χ0n) is 20.0. The van der Waals surface area contributed by atoms with Crippen LogP contribution in [0.25, 0.3) is 0 Å². The van der Waals surface area contributed by atoms with E-state index in [2.05, 4.69) is 46.1 Å². The summed E-state index contributed by atoms with van der Waals surface area (Å²) in [4.78, 5) is 15.2. The van der Waals surface area contributed by atoms with Crippen molar-refractivity contribution in [3.8, 4) is 5.75 Å². The largest absolute Gasteiger partial charge is 0.497 e. The van der Waals surface area contributed by atoms with Crippen molar-refractivity contribution in [2.45, 2.75) is 37.2 Å². The molecule has 1 aliphatic heterocycles. The maximum Gasteiger partial charge on any atom is 0.261 e. The number of carbonyl (C=O) groups excluding carboxylic acids is 1. The number of likely N-dealkylation sites (tertiary alicyclic amines) is 1. The van der Waals surface area contributed by atoms with Crippen LogP contribution in [0.4, 0.5) is 5.69 Å². The number of amides is 1. The molecule has 0 bridgehead atoms. The molecule has 2 N–H and O–H groups in total. The Labute approximate surface area is 207 Å². The van der Waals surface area contributed by atoms with Gasteiger partial charge in [0.05, 0.1) is 12.0 Å². The number of rotatable bonds is 8. The zero-order valence-corrected chi connectivity index (χ0v) is 20.8. The fourth-order valence-electron chi connectivity index (χ4n) is 4.23. The lowest BCUT2D eigenvalue weighted by atomic mass is 10.0. The molecule has 0 atom stereocenters. The summed E-state index contributed by atoms with van der Waals surface area (Å²) in [5.74, 6) is 0.453. The molecule has 1 fully saturated rings. The highest BCUT2D eigenvalue weighted by molar-refractivity contribution is 7.92. The number of aryl methyl sites for hydroxylation is 1. The van der Waals surface area contributed by atoms with Crippen molar-refractivity contribution in [1.29, 1.82) is 0 Å². The summed E-state index contributed by atoms with van der Waals surface area (Å²) < 4.78 is 33.0. The number of benzene rings is 3. The Morgan fingerprint density at radius 2 is 1.69 bits per heavy atom. The first-order valence-electron chi connectivity index (χ1n) is 11.7. The van der Waals surface area contributed by atoms with E-state index in [-0.39, 0.29) is 16.8 Å². The minimum Gasteiger partial charge on any atom is -0.497 e. The molecule has 1 heterocycles. The average Bonchev–Trinajstić information content (AvgIpc) is 2.85. The van der Waals surface area contributed by atoms with Crippen LogP contribution in [-0.2, 0) is 16.6 Å². The number of hydrogen-bond donors (Lipinski definition) is 2. The molecule has 184 valence electrons. The molecule has 4 rings (SSSR count). The van der Waals surface area contributed by atoms with E-state index in [1.165, 1.54) is 23.3 Å². The Morgan fingerprint density at radius 3 is 2.31 bits per heavy atom. The van der Waals surface area contributed by atoms with Gasteiger partial charge in [0, 0.05) is 36.9 Å². The third-order valence-electron chi connectivity index (χ3n) is 6.18. The lowest BCUT2D eigenvalue weighted by Crippen LogP contribution is -2.44.